The average molecular weight is 730 g/mol. The number of halogens is 5. The Hall–Kier alpha value is -4.02. The Morgan fingerprint density at radius 2 is 1.35 bits per heavy atom. The van der Waals surface area contributed by atoms with Gasteiger partial charge in [-0.25, -0.2) is 8.42 Å². The van der Waals surface area contributed by atoms with Crippen molar-refractivity contribution in [1.82, 2.24) is 5.32 Å². The van der Waals surface area contributed by atoms with Crippen molar-refractivity contribution in [3.05, 3.63) is 161 Å². The van der Waals surface area contributed by atoms with E-state index in [1.54, 1.807) is 60.7 Å². The first-order valence-electron chi connectivity index (χ1n) is 15.5. The molecular weight excluding hydrogens is 692 g/mol. The summed E-state index contributed by atoms with van der Waals surface area (Å²) in [6.07, 6.45) is -3.72. The maximum atomic E-state index is 13.8. The highest BCUT2D eigenvalue weighted by atomic mass is 35.5. The van der Waals surface area contributed by atoms with Crippen LogP contribution >= 0.6 is 24.0 Å². The van der Waals surface area contributed by atoms with Crippen LogP contribution in [0.2, 0.25) is 5.02 Å². The Morgan fingerprint density at radius 1 is 0.776 bits per heavy atom. The first-order chi connectivity index (χ1) is 23.0. The lowest BCUT2D eigenvalue weighted by molar-refractivity contribution is -0.137. The average Bonchev–Trinajstić information content (AvgIpc) is 3.10. The number of benzene rings is 5. The van der Waals surface area contributed by atoms with E-state index >= 15 is 0 Å². The van der Waals surface area contributed by atoms with Gasteiger partial charge in [0.15, 0.2) is 0 Å². The van der Waals surface area contributed by atoms with E-state index in [2.05, 4.69) is 5.32 Å². The van der Waals surface area contributed by atoms with Gasteiger partial charge in [0, 0.05) is 25.1 Å². The highest BCUT2D eigenvalue weighted by molar-refractivity contribution is 7.92. The molecule has 1 N–H and O–H groups in total. The number of rotatable bonds is 14. The van der Waals surface area contributed by atoms with Gasteiger partial charge in [-0.1, -0.05) is 109 Å². The van der Waals surface area contributed by atoms with Gasteiger partial charge in [0.2, 0.25) is 0 Å². The van der Waals surface area contributed by atoms with E-state index in [1.807, 2.05) is 60.7 Å². The minimum Gasteiger partial charge on any atom is -0.493 e. The van der Waals surface area contributed by atoms with Crippen LogP contribution in [-0.4, -0.2) is 35.2 Å². The summed E-state index contributed by atoms with van der Waals surface area (Å²) in [6.45, 7) is 1.33. The lowest BCUT2D eigenvalue weighted by atomic mass is 9.70. The van der Waals surface area contributed by atoms with Crippen molar-refractivity contribution < 1.29 is 26.3 Å². The third kappa shape index (κ3) is 8.97. The Balaban J connectivity index is 0.00000541. The molecule has 0 heterocycles. The van der Waals surface area contributed by atoms with E-state index in [0.717, 1.165) is 17.2 Å². The molecule has 5 rings (SSSR count). The van der Waals surface area contributed by atoms with Gasteiger partial charge in [-0.3, -0.25) is 4.31 Å². The molecule has 0 amide bonds. The zero-order valence-electron chi connectivity index (χ0n) is 26.7. The Morgan fingerprint density at radius 3 is 1.94 bits per heavy atom. The second kappa shape index (κ2) is 16.6. The summed E-state index contributed by atoms with van der Waals surface area (Å²) in [6, 6.07) is 38.6. The summed E-state index contributed by atoms with van der Waals surface area (Å²) in [5.74, 6) is 0.532. The summed E-state index contributed by atoms with van der Waals surface area (Å²) < 4.78 is 74.8. The Kier molecular flexibility index (Phi) is 12.8. The quantitative estimate of drug-likeness (QED) is 0.116. The molecule has 11 heteroatoms. The van der Waals surface area contributed by atoms with Crippen LogP contribution in [0.15, 0.2) is 138 Å². The van der Waals surface area contributed by atoms with Crippen LogP contribution in [0.25, 0.3) is 0 Å². The van der Waals surface area contributed by atoms with Crippen LogP contribution in [0, 0.1) is 0 Å². The summed E-state index contributed by atoms with van der Waals surface area (Å²) in [5, 5.41) is 3.24. The number of ether oxygens (including phenoxy) is 1. The maximum Gasteiger partial charge on any atom is 0.417 e. The molecule has 0 unspecified atom stereocenters. The van der Waals surface area contributed by atoms with Crippen molar-refractivity contribution in [3.63, 3.8) is 0 Å². The SMILES string of the molecule is CN(c1cccc(OCCCNCC(Cc2cccc(C(F)(F)F)c2Cl)(c2ccccc2)c2ccccc2)c1)S(=O)(=O)c1ccccc1.Cl. The van der Waals surface area contributed by atoms with Crippen molar-refractivity contribution >= 4 is 39.7 Å². The second-order valence-electron chi connectivity index (χ2n) is 11.4. The molecule has 49 heavy (non-hydrogen) atoms. The van der Waals surface area contributed by atoms with E-state index < -0.39 is 27.2 Å². The number of hydrogen-bond acceptors (Lipinski definition) is 4. The van der Waals surface area contributed by atoms with Crippen LogP contribution in [0.1, 0.15) is 28.7 Å². The number of anilines is 1. The minimum atomic E-state index is -4.57. The van der Waals surface area contributed by atoms with Gasteiger partial charge in [-0.15, -0.1) is 12.4 Å². The summed E-state index contributed by atoms with van der Waals surface area (Å²) in [5.41, 5.74) is 1.18. The van der Waals surface area contributed by atoms with E-state index in [9.17, 15) is 21.6 Å². The Labute approximate surface area is 297 Å². The van der Waals surface area contributed by atoms with Gasteiger partial charge in [-0.2, -0.15) is 13.2 Å². The Bertz CT molecular complexity index is 1860. The zero-order chi connectivity index (χ0) is 34.2. The monoisotopic (exact) mass is 728 g/mol. The van der Waals surface area contributed by atoms with Gasteiger partial charge in [0.25, 0.3) is 10.0 Å². The number of hydrogen-bond donors (Lipinski definition) is 1. The van der Waals surface area contributed by atoms with E-state index in [-0.39, 0.29) is 28.7 Å². The number of sulfonamides is 1. The minimum absolute atomic E-state index is 0. The second-order valence-corrected chi connectivity index (χ2v) is 13.8. The lowest BCUT2D eigenvalue weighted by Crippen LogP contribution is -2.42. The normalized spacial score (nSPS) is 11.9. The fourth-order valence-electron chi connectivity index (χ4n) is 5.76. The largest absolute Gasteiger partial charge is 0.493 e. The zero-order valence-corrected chi connectivity index (χ0v) is 29.1. The smallest absolute Gasteiger partial charge is 0.417 e. The molecule has 0 aliphatic rings. The van der Waals surface area contributed by atoms with Gasteiger partial charge in [0.05, 0.1) is 27.8 Å². The van der Waals surface area contributed by atoms with E-state index in [1.165, 1.54) is 17.4 Å². The van der Waals surface area contributed by atoms with Crippen LogP contribution in [-0.2, 0) is 28.0 Å². The van der Waals surface area contributed by atoms with Crippen molar-refractivity contribution in [2.45, 2.75) is 29.3 Å². The molecule has 0 aromatic heterocycles. The molecule has 0 saturated carbocycles. The number of nitrogens with zero attached hydrogens (tertiary/aromatic N) is 1. The summed E-state index contributed by atoms with van der Waals surface area (Å²) >= 11 is 6.43. The van der Waals surface area contributed by atoms with Gasteiger partial charge in [0.1, 0.15) is 5.75 Å². The van der Waals surface area contributed by atoms with Crippen molar-refractivity contribution in [3.8, 4) is 5.75 Å². The molecule has 0 aliphatic carbocycles. The van der Waals surface area contributed by atoms with Crippen LogP contribution in [0.5, 0.6) is 5.75 Å². The molecule has 5 nitrogen and oxygen atoms in total. The molecule has 5 aromatic carbocycles. The fourth-order valence-corrected chi connectivity index (χ4v) is 7.27. The molecular formula is C38H37Cl2F3N2O3S. The molecule has 0 aliphatic heterocycles. The first kappa shape index (κ1) is 37.8. The highest BCUT2D eigenvalue weighted by Crippen LogP contribution is 2.41. The van der Waals surface area contributed by atoms with Crippen LogP contribution < -0.4 is 14.4 Å². The van der Waals surface area contributed by atoms with Crippen molar-refractivity contribution in [2.75, 3.05) is 31.0 Å². The molecule has 0 spiro atoms. The first-order valence-corrected chi connectivity index (χ1v) is 17.3. The summed E-state index contributed by atoms with van der Waals surface area (Å²) in [7, 11) is -2.23. The molecule has 0 bridgehead atoms. The fraction of sp³-hybridized carbons (Fsp3) is 0.211. The van der Waals surface area contributed by atoms with Gasteiger partial charge in [-0.05, 0) is 66.4 Å². The van der Waals surface area contributed by atoms with E-state index in [4.69, 9.17) is 16.3 Å². The number of alkyl halides is 3. The number of nitrogens with one attached hydrogen (secondary N) is 1. The molecule has 0 fully saturated rings. The standard InChI is InChI=1S/C38H36ClF3N2O3S.ClH/c1-44(48(45,46)34-21-9-4-10-22-34)32-19-12-20-33(26-32)47-25-13-24-43-28-37(30-15-5-2-6-16-30,31-17-7-3-8-18-31)27-29-14-11-23-35(36(29)39)38(40,41)42;/h2-12,14-23,26,43H,13,24-25,27-28H2,1H3;1H. The molecule has 0 radical (unpaired) electrons. The van der Waals surface area contributed by atoms with E-state index in [0.29, 0.717) is 43.1 Å². The van der Waals surface area contributed by atoms with Crippen LogP contribution in [0.4, 0.5) is 18.9 Å². The maximum absolute atomic E-state index is 13.8. The van der Waals surface area contributed by atoms with Crippen molar-refractivity contribution in [2.24, 2.45) is 0 Å². The summed E-state index contributed by atoms with van der Waals surface area (Å²) in [4.78, 5) is 0.197. The molecule has 258 valence electrons. The molecule has 5 aromatic rings. The predicted molar refractivity (Wildman–Crippen MR) is 193 cm³/mol. The topological polar surface area (TPSA) is 58.6 Å². The van der Waals surface area contributed by atoms with Gasteiger partial charge < -0.3 is 10.1 Å². The van der Waals surface area contributed by atoms with Crippen molar-refractivity contribution in [1.29, 1.82) is 0 Å². The molecule has 0 atom stereocenters. The lowest BCUT2D eigenvalue weighted by Gasteiger charge is -2.36. The van der Waals surface area contributed by atoms with Gasteiger partial charge >= 0.3 is 6.18 Å². The third-order valence-electron chi connectivity index (χ3n) is 8.31. The van der Waals surface area contributed by atoms with Crippen LogP contribution in [0.3, 0.4) is 0 Å². The molecule has 0 saturated heterocycles. The predicted octanol–water partition coefficient (Wildman–Crippen LogP) is 9.19. The third-order valence-corrected chi connectivity index (χ3v) is 10.6. The highest BCUT2D eigenvalue weighted by Gasteiger charge is 2.38.